The van der Waals surface area contributed by atoms with Gasteiger partial charge in [-0.15, -0.1) is 0 Å². The summed E-state index contributed by atoms with van der Waals surface area (Å²) in [6.07, 6.45) is -20.8. The molecule has 1 atom stereocenters. The zero-order chi connectivity index (χ0) is 29.4. The van der Waals surface area contributed by atoms with Gasteiger partial charge in [0.1, 0.15) is 11.4 Å². The van der Waals surface area contributed by atoms with Crippen LogP contribution in [0.1, 0.15) is 33.4 Å². The number of hydrogen-bond acceptors (Lipinski definition) is 5. The predicted octanol–water partition coefficient (Wildman–Crippen LogP) is 8.34. The molecular weight excluding hydrogens is 612 g/mol. The Morgan fingerprint density at radius 2 is 1.00 bits per heavy atom. The van der Waals surface area contributed by atoms with Gasteiger partial charge in [0.15, 0.2) is 0 Å². The maximum Gasteiger partial charge on any atom is 0.416 e. The first-order chi connectivity index (χ1) is 18.4. The van der Waals surface area contributed by atoms with Crippen LogP contribution in [0.3, 0.4) is 0 Å². The summed E-state index contributed by atoms with van der Waals surface area (Å²) >= 11 is 0.954. The summed E-state index contributed by atoms with van der Waals surface area (Å²) in [7, 11) is 0. The lowest BCUT2D eigenvalue weighted by atomic mass is 9.80. The van der Waals surface area contributed by atoms with Crippen LogP contribution in [-0.4, -0.2) is 11.8 Å². The van der Waals surface area contributed by atoms with Crippen LogP contribution in [0.15, 0.2) is 60.9 Å². The van der Waals surface area contributed by atoms with E-state index in [-0.39, 0.29) is 40.4 Å². The van der Waals surface area contributed by atoms with Crippen LogP contribution in [-0.2, 0) is 36.1 Å². The molecule has 18 heteroatoms. The second-order valence-electron chi connectivity index (χ2n) is 8.46. The van der Waals surface area contributed by atoms with Gasteiger partial charge >= 0.3 is 24.7 Å². The molecule has 0 spiro atoms. The Kier molecular flexibility index (Phi) is 6.53. The van der Waals surface area contributed by atoms with Crippen LogP contribution < -0.4 is 4.72 Å². The molecule has 2 aliphatic heterocycles. The highest BCUT2D eigenvalue weighted by Crippen LogP contribution is 2.48. The maximum atomic E-state index is 13.5. The largest absolute Gasteiger partial charge is 0.416 e. The van der Waals surface area contributed by atoms with Gasteiger partial charge in [-0.2, -0.15) is 61.4 Å². The molecule has 4 nitrogen and oxygen atoms in total. The maximum absolute atomic E-state index is 13.5. The molecule has 1 unspecified atom stereocenters. The van der Waals surface area contributed by atoms with Crippen molar-refractivity contribution in [1.29, 1.82) is 0 Å². The Morgan fingerprint density at radius 3 is 1.45 bits per heavy atom. The Labute approximate surface area is 223 Å². The van der Waals surface area contributed by atoms with Crippen molar-refractivity contribution in [3.05, 3.63) is 81.2 Å². The topological polar surface area (TPSA) is 49.1 Å². The van der Waals surface area contributed by atoms with E-state index in [1.165, 1.54) is 0 Å². The summed E-state index contributed by atoms with van der Waals surface area (Å²) in [5.74, 6) is 0. The van der Waals surface area contributed by atoms with E-state index in [0.29, 0.717) is 47.8 Å². The highest BCUT2D eigenvalue weighted by Gasteiger charge is 2.44. The van der Waals surface area contributed by atoms with Crippen LogP contribution in [0.25, 0.3) is 11.1 Å². The molecule has 3 aliphatic rings. The molecule has 0 radical (unpaired) electrons. The van der Waals surface area contributed by atoms with Gasteiger partial charge in [0.25, 0.3) is 0 Å². The summed E-state index contributed by atoms with van der Waals surface area (Å²) in [4.78, 5) is 0. The molecule has 0 fully saturated rings. The van der Waals surface area contributed by atoms with Gasteiger partial charge in [-0.05, 0) is 47.5 Å². The summed E-state index contributed by atoms with van der Waals surface area (Å²) in [5.41, 5.74) is -9.31. The molecule has 0 bridgehead atoms. The van der Waals surface area contributed by atoms with Crippen LogP contribution in [0.2, 0.25) is 0 Å². The van der Waals surface area contributed by atoms with Gasteiger partial charge in [-0.25, -0.2) is 9.12 Å². The lowest BCUT2D eigenvalue weighted by Crippen LogP contribution is -2.34. The zero-order valence-corrected chi connectivity index (χ0v) is 20.4. The van der Waals surface area contributed by atoms with Crippen molar-refractivity contribution in [3.63, 3.8) is 0 Å². The number of rotatable bonds is 2. The van der Waals surface area contributed by atoms with Crippen LogP contribution in [0.4, 0.5) is 52.7 Å². The van der Waals surface area contributed by atoms with Crippen molar-refractivity contribution < 1.29 is 52.7 Å². The average Bonchev–Trinajstić information content (AvgIpc) is 3.49. The molecule has 1 aliphatic carbocycles. The Hall–Kier alpha value is -3.12. The second-order valence-corrected chi connectivity index (χ2v) is 9.59. The highest BCUT2D eigenvalue weighted by molar-refractivity contribution is 7.96. The molecule has 2 heterocycles. The zero-order valence-electron chi connectivity index (χ0n) is 18.7. The van der Waals surface area contributed by atoms with Gasteiger partial charge in [-0.3, -0.25) is 0 Å². The third kappa shape index (κ3) is 5.07. The Balaban J connectivity index is 1.81. The smallest absolute Gasteiger partial charge is 0.231 e. The van der Waals surface area contributed by atoms with Crippen LogP contribution in [0, 0.1) is 0 Å². The van der Waals surface area contributed by atoms with Crippen molar-refractivity contribution in [1.82, 2.24) is 4.72 Å². The fourth-order valence-electron chi connectivity index (χ4n) is 4.21. The van der Waals surface area contributed by atoms with E-state index in [9.17, 15) is 52.7 Å². The monoisotopic (exact) mass is 620 g/mol. The molecule has 5 rings (SSSR count). The Bertz CT molecular complexity index is 1520. The standard InChI is InChI=1S/C22H8F12N4S2/c23-19(24,25)9-1-7(2-10(5-9)20(26,27)28)13-15-17(37-39-35-15)14(18-16(13)36-40-38-18)8-3-11(21(29,30)31)6-12(4-8)22(32,33)34/h1-6,15,35H. The number of halogens is 12. The molecule has 0 saturated carbocycles. The third-order valence-corrected chi connectivity index (χ3v) is 7.05. The summed E-state index contributed by atoms with van der Waals surface area (Å²) < 4.78 is 177. The van der Waals surface area contributed by atoms with Crippen molar-refractivity contribution in [2.45, 2.75) is 30.7 Å². The first-order valence-electron chi connectivity index (χ1n) is 10.5. The molecule has 0 aromatic heterocycles. The van der Waals surface area contributed by atoms with E-state index >= 15 is 0 Å². The average molecular weight is 620 g/mol. The summed E-state index contributed by atoms with van der Waals surface area (Å²) in [6.45, 7) is 0. The van der Waals surface area contributed by atoms with E-state index in [1.54, 1.807) is 0 Å². The van der Waals surface area contributed by atoms with Gasteiger partial charge in [0.2, 0.25) is 0 Å². The highest BCUT2D eigenvalue weighted by atomic mass is 32.2. The van der Waals surface area contributed by atoms with Gasteiger partial charge < -0.3 is 0 Å². The van der Waals surface area contributed by atoms with Crippen molar-refractivity contribution in [2.75, 3.05) is 0 Å². The molecule has 212 valence electrons. The number of benzene rings is 2. The molecule has 2 aromatic rings. The number of hydrogen-bond donors (Lipinski definition) is 1. The SMILES string of the molecule is FC(F)(F)c1cc(C2=C3N=S=NC3=C(c3cc(C(F)(F)F)cc(C(F)(F)F)c3)C3NSN=C23)cc(C(F)(F)F)c1. The van der Waals surface area contributed by atoms with Crippen LogP contribution >= 0.6 is 12.1 Å². The van der Waals surface area contributed by atoms with E-state index in [1.807, 2.05) is 0 Å². The summed E-state index contributed by atoms with van der Waals surface area (Å²) in [6, 6.07) is 0.190. The fourth-order valence-corrected chi connectivity index (χ4v) is 5.46. The normalized spacial score (nSPS) is 19.6. The van der Waals surface area contributed by atoms with Gasteiger partial charge in [-0.1, -0.05) is 0 Å². The van der Waals surface area contributed by atoms with Gasteiger partial charge in [0, 0.05) is 11.1 Å². The molecule has 0 saturated heterocycles. The fraction of sp³-hybridized carbons (Fsp3) is 0.227. The molecule has 0 amide bonds. The van der Waals surface area contributed by atoms with Gasteiger partial charge in [0.05, 0.1) is 57.5 Å². The van der Waals surface area contributed by atoms with Crippen molar-refractivity contribution in [2.24, 2.45) is 13.1 Å². The molecule has 40 heavy (non-hydrogen) atoms. The van der Waals surface area contributed by atoms with E-state index in [0.717, 1.165) is 0 Å². The third-order valence-electron chi connectivity index (χ3n) is 5.89. The Morgan fingerprint density at radius 1 is 0.575 bits per heavy atom. The summed E-state index contributed by atoms with van der Waals surface area (Å²) in [5, 5.41) is 0. The quantitative estimate of drug-likeness (QED) is 0.271. The predicted molar refractivity (Wildman–Crippen MR) is 121 cm³/mol. The van der Waals surface area contributed by atoms with Crippen molar-refractivity contribution >= 4 is 40.3 Å². The molecule has 2 aromatic carbocycles. The first-order valence-corrected chi connectivity index (χ1v) is 12.0. The number of alkyl halides is 12. The second kappa shape index (κ2) is 9.20. The van der Waals surface area contributed by atoms with Crippen LogP contribution in [0.5, 0.6) is 0 Å². The lowest BCUT2D eigenvalue weighted by molar-refractivity contribution is -0.144. The first kappa shape index (κ1) is 28.4. The lowest BCUT2D eigenvalue weighted by Gasteiger charge is -2.27. The van der Waals surface area contributed by atoms with Crippen molar-refractivity contribution in [3.8, 4) is 0 Å². The minimum absolute atomic E-state index is 0.0855. The number of nitrogens with zero attached hydrogens (tertiary/aromatic N) is 3. The minimum atomic E-state index is -5.19. The minimum Gasteiger partial charge on any atom is -0.231 e. The van der Waals surface area contributed by atoms with E-state index in [4.69, 9.17) is 0 Å². The number of fused-ring (bicyclic) bond motifs is 2. The van der Waals surface area contributed by atoms with E-state index in [2.05, 4.69) is 17.8 Å². The van der Waals surface area contributed by atoms with E-state index < -0.39 is 64.1 Å². The molecular formula is C22H8F12N4S2. The number of nitrogens with one attached hydrogen (secondary N) is 1. The molecule has 1 N–H and O–H groups in total.